The van der Waals surface area contributed by atoms with Gasteiger partial charge in [-0.15, -0.1) is 0 Å². The molecule has 3 N–H and O–H groups in total. The van der Waals surface area contributed by atoms with Crippen LogP contribution < -0.4 is 4.90 Å². The molecule has 3 heterocycles. The van der Waals surface area contributed by atoms with Crippen LogP contribution >= 0.6 is 0 Å². The molecule has 0 saturated carbocycles. The Morgan fingerprint density at radius 2 is 1.89 bits per heavy atom. The molecule has 1 aliphatic rings. The summed E-state index contributed by atoms with van der Waals surface area (Å²) in [6.45, 7) is 0.566. The zero-order valence-corrected chi connectivity index (χ0v) is 20.1. The van der Waals surface area contributed by atoms with Crippen LogP contribution in [0.1, 0.15) is 32.8 Å². The number of anilines is 1. The van der Waals surface area contributed by atoms with Crippen LogP contribution in [0.3, 0.4) is 0 Å². The second-order valence-corrected chi connectivity index (χ2v) is 8.99. The summed E-state index contributed by atoms with van der Waals surface area (Å²) >= 11 is 0. The van der Waals surface area contributed by atoms with Crippen molar-refractivity contribution in [1.29, 1.82) is 0 Å². The lowest BCUT2D eigenvalue weighted by Gasteiger charge is -2.16. The highest BCUT2D eigenvalue weighted by Gasteiger charge is 2.26. The van der Waals surface area contributed by atoms with E-state index in [9.17, 15) is 19.8 Å². The molecule has 0 saturated heterocycles. The first-order valence-corrected chi connectivity index (χ1v) is 12.0. The second kappa shape index (κ2) is 9.36. The number of carbonyl (C=O) groups is 2. The van der Waals surface area contributed by atoms with Crippen LogP contribution in [0.25, 0.3) is 10.9 Å². The maximum Gasteiger partial charge on any atom is 0.335 e. The maximum atomic E-state index is 12.8. The second-order valence-electron chi connectivity index (χ2n) is 8.99. The number of nitrogens with zero attached hydrogens (tertiary/aromatic N) is 3. The van der Waals surface area contributed by atoms with E-state index in [0.29, 0.717) is 46.6 Å². The van der Waals surface area contributed by atoms with Gasteiger partial charge in [0.05, 0.1) is 35.1 Å². The van der Waals surface area contributed by atoms with Gasteiger partial charge in [-0.1, -0.05) is 36.4 Å². The minimum atomic E-state index is -1.05. The molecule has 1 amide bonds. The predicted molar refractivity (Wildman–Crippen MR) is 141 cm³/mol. The number of rotatable bonds is 6. The first kappa shape index (κ1) is 23.2. The first-order chi connectivity index (χ1) is 18.5. The third-order valence-corrected chi connectivity index (χ3v) is 6.62. The summed E-state index contributed by atoms with van der Waals surface area (Å²) < 4.78 is 5.22. The number of carbonyl (C=O) groups excluding carboxylic acids is 1. The summed E-state index contributed by atoms with van der Waals surface area (Å²) in [5, 5.41) is 20.9. The molecule has 0 spiro atoms. The number of amides is 1. The van der Waals surface area contributed by atoms with Gasteiger partial charge in [-0.25, -0.2) is 14.8 Å². The fraction of sp³-hybridized carbons (Fsp3) is 0.103. The van der Waals surface area contributed by atoms with Gasteiger partial charge in [0.25, 0.3) is 0 Å². The normalized spacial score (nSPS) is 13.2. The molecule has 0 radical (unpaired) electrons. The Kier molecular flexibility index (Phi) is 5.72. The number of nitrogens with one attached hydrogen (secondary N) is 1. The van der Waals surface area contributed by atoms with Crippen molar-refractivity contribution in [3.8, 4) is 5.88 Å². The molecule has 0 atom stereocenters. The fourth-order valence-corrected chi connectivity index (χ4v) is 4.84. The van der Waals surface area contributed by atoms with Crippen LogP contribution in [-0.2, 0) is 17.6 Å². The molecule has 1 aliphatic heterocycles. The van der Waals surface area contributed by atoms with Gasteiger partial charge in [-0.05, 0) is 42.3 Å². The number of fused-ring (bicyclic) bond motifs is 2. The molecule has 0 fully saturated rings. The molecule has 5 aromatic rings. The molecular weight excluding hydrogens is 484 g/mol. The van der Waals surface area contributed by atoms with Crippen LogP contribution in [-0.4, -0.2) is 44.3 Å². The van der Waals surface area contributed by atoms with Gasteiger partial charge in [-0.3, -0.25) is 4.79 Å². The largest absolute Gasteiger partial charge is 0.494 e. The lowest BCUT2D eigenvalue weighted by molar-refractivity contribution is -0.118. The van der Waals surface area contributed by atoms with E-state index in [2.05, 4.69) is 9.97 Å². The van der Waals surface area contributed by atoms with Gasteiger partial charge in [-0.2, -0.15) is 0 Å². The van der Waals surface area contributed by atoms with Crippen LogP contribution in [0, 0.1) is 0 Å². The van der Waals surface area contributed by atoms with E-state index in [1.165, 1.54) is 18.5 Å². The number of carboxylic acids is 1. The van der Waals surface area contributed by atoms with Gasteiger partial charge in [0.15, 0.2) is 12.3 Å². The number of aliphatic imine (C=N–C) groups is 1. The number of H-pyrrole nitrogens is 1. The Hall–Kier alpha value is -5.18. The highest BCUT2D eigenvalue weighted by molar-refractivity contribution is 6.22. The molecule has 0 bridgehead atoms. The first-order valence-electron chi connectivity index (χ1n) is 12.0. The van der Waals surface area contributed by atoms with E-state index in [-0.39, 0.29) is 23.8 Å². The van der Waals surface area contributed by atoms with Crippen LogP contribution in [0.5, 0.6) is 5.88 Å². The average Bonchev–Trinajstić information content (AvgIpc) is 3.65. The topological polar surface area (TPSA) is 132 Å². The Morgan fingerprint density at radius 1 is 1.05 bits per heavy atom. The van der Waals surface area contributed by atoms with Gasteiger partial charge in [0.1, 0.15) is 5.76 Å². The van der Waals surface area contributed by atoms with Gasteiger partial charge >= 0.3 is 5.97 Å². The fourth-order valence-electron chi connectivity index (χ4n) is 4.84. The van der Waals surface area contributed by atoms with Gasteiger partial charge in [0, 0.05) is 28.7 Å². The van der Waals surface area contributed by atoms with Crippen molar-refractivity contribution in [1.82, 2.24) is 9.97 Å². The number of aromatic hydroxyl groups is 1. The smallest absolute Gasteiger partial charge is 0.335 e. The quantitative estimate of drug-likeness (QED) is 0.282. The molecule has 6 rings (SSSR count). The molecule has 9 heteroatoms. The van der Waals surface area contributed by atoms with Crippen molar-refractivity contribution in [2.24, 2.45) is 4.99 Å². The third-order valence-electron chi connectivity index (χ3n) is 6.62. The summed E-state index contributed by atoms with van der Waals surface area (Å²) in [6, 6.07) is 19.8. The Morgan fingerprint density at radius 3 is 2.66 bits per heavy atom. The highest BCUT2D eigenvalue weighted by Crippen LogP contribution is 2.35. The standard InChI is InChI=1S/C29H22N4O5/c34-25(14-21-15-30-16-38-21)33-11-10-18-12-20(7-9-24(18)33)31-27(17-4-2-1-3-5-17)26-22-8-6-19(29(36)37)13-23(22)32-28(26)35/h1-9,12-13,15-16,32,35H,10-11,14H2,(H,36,37). The zero-order valence-electron chi connectivity index (χ0n) is 20.1. The van der Waals surface area contributed by atoms with E-state index >= 15 is 0 Å². The summed E-state index contributed by atoms with van der Waals surface area (Å²) in [5.74, 6) is -0.696. The molecule has 2 aromatic heterocycles. The van der Waals surface area contributed by atoms with E-state index in [0.717, 1.165) is 16.8 Å². The van der Waals surface area contributed by atoms with Gasteiger partial charge in [0.2, 0.25) is 5.91 Å². The molecule has 9 nitrogen and oxygen atoms in total. The third kappa shape index (κ3) is 4.20. The minimum absolute atomic E-state index is 0.0637. The van der Waals surface area contributed by atoms with E-state index in [4.69, 9.17) is 9.41 Å². The van der Waals surface area contributed by atoms with Gasteiger partial charge < -0.3 is 24.5 Å². The lowest BCUT2D eigenvalue weighted by atomic mass is 10.00. The molecule has 0 unspecified atom stereocenters. The summed E-state index contributed by atoms with van der Waals surface area (Å²) in [7, 11) is 0. The van der Waals surface area contributed by atoms with Crippen molar-refractivity contribution in [3.63, 3.8) is 0 Å². The van der Waals surface area contributed by atoms with E-state index in [1.807, 2.05) is 48.5 Å². The Bertz CT molecular complexity index is 1700. The van der Waals surface area contributed by atoms with Crippen molar-refractivity contribution in [2.75, 3.05) is 11.4 Å². The number of aromatic amines is 1. The average molecular weight is 507 g/mol. The van der Waals surface area contributed by atoms with Crippen molar-refractivity contribution in [2.45, 2.75) is 12.8 Å². The van der Waals surface area contributed by atoms with Crippen LogP contribution in [0.2, 0.25) is 0 Å². The highest BCUT2D eigenvalue weighted by atomic mass is 16.4. The predicted octanol–water partition coefficient (Wildman–Crippen LogP) is 4.86. The number of aromatic nitrogens is 2. The summed E-state index contributed by atoms with van der Waals surface area (Å²) in [5.41, 5.74) is 4.92. The number of benzene rings is 3. The molecule has 188 valence electrons. The Balaban J connectivity index is 1.40. The summed E-state index contributed by atoms with van der Waals surface area (Å²) in [6.07, 6.45) is 3.69. The van der Waals surface area contributed by atoms with E-state index in [1.54, 1.807) is 17.2 Å². The van der Waals surface area contributed by atoms with Crippen LogP contribution in [0.4, 0.5) is 11.4 Å². The van der Waals surface area contributed by atoms with Crippen LogP contribution in [0.15, 0.2) is 88.7 Å². The SMILES string of the molecule is O=C(O)c1ccc2c(C(=Nc3ccc4c(c3)CCN4C(=O)Cc3cnco3)c3ccccc3)c(O)[nH]c2c1. The van der Waals surface area contributed by atoms with Crippen molar-refractivity contribution < 1.29 is 24.2 Å². The monoisotopic (exact) mass is 506 g/mol. The molecular formula is C29H22N4O5. The lowest BCUT2D eigenvalue weighted by Crippen LogP contribution is -2.30. The maximum absolute atomic E-state index is 12.8. The van der Waals surface area contributed by atoms with E-state index < -0.39 is 5.97 Å². The Labute approximate surface area is 216 Å². The molecule has 0 aliphatic carbocycles. The number of aromatic carboxylic acids is 1. The summed E-state index contributed by atoms with van der Waals surface area (Å²) in [4.78, 5) is 37.7. The number of hydrogen-bond acceptors (Lipinski definition) is 6. The number of carboxylic acid groups (broad SMARTS) is 1. The molecule has 38 heavy (non-hydrogen) atoms. The minimum Gasteiger partial charge on any atom is -0.494 e. The zero-order chi connectivity index (χ0) is 26.2. The number of hydrogen-bond donors (Lipinski definition) is 3. The van der Waals surface area contributed by atoms with Crippen molar-refractivity contribution >= 4 is 39.9 Å². The van der Waals surface area contributed by atoms with Crippen molar-refractivity contribution in [3.05, 3.63) is 107 Å². The number of oxazole rings is 1. The molecule has 3 aromatic carbocycles.